The minimum absolute atomic E-state index is 0.265. The van der Waals surface area contributed by atoms with Gasteiger partial charge in [-0.3, -0.25) is 4.90 Å². The summed E-state index contributed by atoms with van der Waals surface area (Å²) in [4.78, 5) is 4.56. The Morgan fingerprint density at radius 3 is 2.38 bits per heavy atom. The highest BCUT2D eigenvalue weighted by molar-refractivity contribution is 5.46. The van der Waals surface area contributed by atoms with Crippen LogP contribution in [0.3, 0.4) is 0 Å². The van der Waals surface area contributed by atoms with E-state index in [4.69, 9.17) is 9.47 Å². The first kappa shape index (κ1) is 23.4. The van der Waals surface area contributed by atoms with Crippen LogP contribution in [-0.2, 0) is 16.0 Å². The zero-order valence-corrected chi connectivity index (χ0v) is 18.5. The van der Waals surface area contributed by atoms with E-state index < -0.39 is 18.8 Å². The lowest BCUT2D eigenvalue weighted by Crippen LogP contribution is -2.66. The number of nitrogens with zero attached hydrogens (tertiary/aromatic N) is 2. The van der Waals surface area contributed by atoms with Crippen molar-refractivity contribution in [3.63, 3.8) is 0 Å². The summed E-state index contributed by atoms with van der Waals surface area (Å²) in [5.74, 6) is -0.265. The molecule has 3 aliphatic rings. The standard InChI is InChI=1S/C24H28F3N3O4/c25-24(26,27)34-18-8-6-16(7-9-18)14-28-20-19-15-32-23(33-19)21(22(20)31)30-12-10-29(11-13-30)17-4-2-1-3-5-17/h1-9,19-23,28,31H,10-15H2/t19-,20-,21-,22+,23-/m1/s1. The Labute approximate surface area is 196 Å². The Balaban J connectivity index is 1.19. The van der Waals surface area contributed by atoms with E-state index in [9.17, 15) is 18.3 Å². The zero-order chi connectivity index (χ0) is 23.7. The van der Waals surface area contributed by atoms with E-state index in [0.717, 1.165) is 31.7 Å². The number of anilines is 1. The molecule has 5 rings (SSSR count). The number of nitrogens with one attached hydrogen (secondary N) is 1. The molecule has 0 spiro atoms. The van der Waals surface area contributed by atoms with Crippen LogP contribution in [0, 0.1) is 0 Å². The summed E-state index contributed by atoms with van der Waals surface area (Å²) < 4.78 is 53.0. The molecule has 0 aromatic heterocycles. The third-order valence-electron chi connectivity index (χ3n) is 6.69. The van der Waals surface area contributed by atoms with Crippen molar-refractivity contribution < 1.29 is 32.5 Å². The number of rotatable bonds is 6. The van der Waals surface area contributed by atoms with Gasteiger partial charge in [0.05, 0.1) is 24.8 Å². The van der Waals surface area contributed by atoms with Crippen molar-refractivity contribution in [2.24, 2.45) is 0 Å². The fraction of sp³-hybridized carbons (Fsp3) is 0.500. The highest BCUT2D eigenvalue weighted by Crippen LogP contribution is 2.32. The number of fused-ring (bicyclic) bond motifs is 2. The topological polar surface area (TPSA) is 66.4 Å². The summed E-state index contributed by atoms with van der Waals surface area (Å²) in [6.45, 7) is 3.99. The molecule has 3 heterocycles. The molecule has 0 amide bonds. The largest absolute Gasteiger partial charge is 0.573 e. The minimum Gasteiger partial charge on any atom is -0.406 e. The summed E-state index contributed by atoms with van der Waals surface area (Å²) in [6.07, 6.45) is -6.18. The Morgan fingerprint density at radius 1 is 1.00 bits per heavy atom. The van der Waals surface area contributed by atoms with E-state index in [0.29, 0.717) is 13.2 Å². The Morgan fingerprint density at radius 2 is 1.71 bits per heavy atom. The molecule has 2 N–H and O–H groups in total. The highest BCUT2D eigenvalue weighted by Gasteiger charge is 2.52. The molecular weight excluding hydrogens is 451 g/mol. The first-order valence-corrected chi connectivity index (χ1v) is 11.4. The summed E-state index contributed by atoms with van der Waals surface area (Å²) in [5, 5.41) is 14.6. The SMILES string of the molecule is O[C@H]1[C@H](NCc2ccc(OC(F)(F)F)cc2)[C@H]2CO[C@H](O2)[C@@H]1N1CCN(c2ccccc2)CC1. The molecule has 3 aliphatic heterocycles. The number of alkyl halides is 3. The van der Waals surface area contributed by atoms with Crippen LogP contribution in [0.5, 0.6) is 5.75 Å². The molecule has 2 aromatic carbocycles. The average Bonchev–Trinajstić information content (AvgIpc) is 3.25. The lowest BCUT2D eigenvalue weighted by molar-refractivity contribution is -0.274. The molecule has 0 unspecified atom stereocenters. The van der Waals surface area contributed by atoms with Gasteiger partial charge in [0, 0.05) is 38.4 Å². The van der Waals surface area contributed by atoms with Crippen LogP contribution in [0.4, 0.5) is 18.9 Å². The van der Waals surface area contributed by atoms with E-state index in [1.54, 1.807) is 12.1 Å². The number of aliphatic hydroxyl groups excluding tert-OH is 1. The van der Waals surface area contributed by atoms with Crippen LogP contribution in [-0.4, -0.2) is 79.7 Å². The van der Waals surface area contributed by atoms with Crippen LogP contribution in [0.15, 0.2) is 54.6 Å². The van der Waals surface area contributed by atoms with Crippen molar-refractivity contribution >= 4 is 5.69 Å². The quantitative estimate of drug-likeness (QED) is 0.660. The number of para-hydroxylation sites is 1. The summed E-state index contributed by atoms with van der Waals surface area (Å²) >= 11 is 0. The minimum atomic E-state index is -4.72. The average molecular weight is 479 g/mol. The predicted molar refractivity (Wildman–Crippen MR) is 118 cm³/mol. The number of halogens is 3. The second kappa shape index (κ2) is 9.71. The number of hydrogen-bond acceptors (Lipinski definition) is 7. The Bertz CT molecular complexity index is 939. The molecule has 7 nitrogen and oxygen atoms in total. The monoisotopic (exact) mass is 479 g/mol. The van der Waals surface area contributed by atoms with Gasteiger partial charge in [-0.1, -0.05) is 30.3 Å². The van der Waals surface area contributed by atoms with Crippen molar-refractivity contribution in [3.8, 4) is 5.75 Å². The lowest BCUT2D eigenvalue weighted by Gasteiger charge is -2.47. The second-order valence-electron chi connectivity index (χ2n) is 8.81. The van der Waals surface area contributed by atoms with Crippen molar-refractivity contribution in [3.05, 3.63) is 60.2 Å². The molecule has 5 atom stereocenters. The first-order chi connectivity index (χ1) is 16.4. The molecule has 10 heteroatoms. The molecular formula is C24H28F3N3O4. The van der Waals surface area contributed by atoms with E-state index in [2.05, 4.69) is 32.0 Å². The van der Waals surface area contributed by atoms with E-state index in [1.807, 2.05) is 18.2 Å². The maximum atomic E-state index is 12.4. The summed E-state index contributed by atoms with van der Waals surface area (Å²) in [5.41, 5.74) is 1.96. The Hall–Kier alpha value is -2.37. The molecule has 0 aliphatic carbocycles. The highest BCUT2D eigenvalue weighted by atomic mass is 19.4. The third-order valence-corrected chi connectivity index (χ3v) is 6.69. The number of benzene rings is 2. The predicted octanol–water partition coefficient (Wildman–Crippen LogP) is 2.35. The van der Waals surface area contributed by atoms with Crippen molar-refractivity contribution in [2.45, 2.75) is 43.5 Å². The number of aliphatic hydroxyl groups is 1. The summed E-state index contributed by atoms with van der Waals surface area (Å²) in [6, 6.07) is 15.3. The molecule has 2 bridgehead atoms. The molecule has 0 saturated carbocycles. The van der Waals surface area contributed by atoms with E-state index >= 15 is 0 Å². The maximum absolute atomic E-state index is 12.4. The molecule has 3 saturated heterocycles. The zero-order valence-electron chi connectivity index (χ0n) is 18.5. The Kier molecular flexibility index (Phi) is 6.67. The normalized spacial score (nSPS) is 29.9. The second-order valence-corrected chi connectivity index (χ2v) is 8.81. The molecule has 2 aromatic rings. The van der Waals surface area contributed by atoms with Gasteiger partial charge in [-0.25, -0.2) is 0 Å². The molecule has 184 valence electrons. The van der Waals surface area contributed by atoms with Gasteiger partial charge in [-0.2, -0.15) is 0 Å². The van der Waals surface area contributed by atoms with Crippen LogP contribution in [0.25, 0.3) is 0 Å². The van der Waals surface area contributed by atoms with E-state index in [1.165, 1.54) is 17.8 Å². The van der Waals surface area contributed by atoms with Crippen LogP contribution in [0.1, 0.15) is 5.56 Å². The van der Waals surface area contributed by atoms with Gasteiger partial charge in [0.1, 0.15) is 11.9 Å². The number of hydrogen-bond donors (Lipinski definition) is 2. The van der Waals surface area contributed by atoms with Crippen LogP contribution >= 0.6 is 0 Å². The fourth-order valence-electron chi connectivity index (χ4n) is 5.00. The van der Waals surface area contributed by atoms with Gasteiger partial charge in [0.15, 0.2) is 6.29 Å². The molecule has 3 fully saturated rings. The molecule has 34 heavy (non-hydrogen) atoms. The first-order valence-electron chi connectivity index (χ1n) is 11.4. The van der Waals surface area contributed by atoms with Crippen molar-refractivity contribution in [1.29, 1.82) is 0 Å². The van der Waals surface area contributed by atoms with Gasteiger partial charge < -0.3 is 29.5 Å². The fourth-order valence-corrected chi connectivity index (χ4v) is 5.00. The number of ether oxygens (including phenoxy) is 3. The van der Waals surface area contributed by atoms with Crippen LogP contribution < -0.4 is 15.0 Å². The third kappa shape index (κ3) is 5.16. The molecule has 0 radical (unpaired) electrons. The van der Waals surface area contributed by atoms with Crippen molar-refractivity contribution in [2.75, 3.05) is 37.7 Å². The van der Waals surface area contributed by atoms with Gasteiger partial charge in [-0.05, 0) is 29.8 Å². The maximum Gasteiger partial charge on any atom is 0.573 e. The van der Waals surface area contributed by atoms with Gasteiger partial charge >= 0.3 is 6.36 Å². The lowest BCUT2D eigenvalue weighted by atomic mass is 9.94. The summed E-state index contributed by atoms with van der Waals surface area (Å²) in [7, 11) is 0. The van der Waals surface area contributed by atoms with Gasteiger partial charge in [0.25, 0.3) is 0 Å². The van der Waals surface area contributed by atoms with Gasteiger partial charge in [0.2, 0.25) is 0 Å². The van der Waals surface area contributed by atoms with Crippen molar-refractivity contribution in [1.82, 2.24) is 10.2 Å². The van der Waals surface area contributed by atoms with Gasteiger partial charge in [-0.15, -0.1) is 13.2 Å². The van der Waals surface area contributed by atoms with E-state index in [-0.39, 0.29) is 23.9 Å². The smallest absolute Gasteiger partial charge is 0.406 e. The van der Waals surface area contributed by atoms with Crippen LogP contribution in [0.2, 0.25) is 0 Å². The number of piperazine rings is 1.